The maximum atomic E-state index is 13.6. The second-order valence-corrected chi connectivity index (χ2v) is 15.0. The first-order valence-corrected chi connectivity index (χ1v) is 19.2. The zero-order chi connectivity index (χ0) is 35.3. The number of nitrogen functional groups attached to an aromatic ring is 1. The number of carbonyl (C=O) groups excluding carboxylic acids is 2. The zero-order valence-electron chi connectivity index (χ0n) is 28.2. The summed E-state index contributed by atoms with van der Waals surface area (Å²) in [5.74, 6) is -0.449. The minimum atomic E-state index is -4.29. The SMILES string of the molecule is COc1ccc(Sc2nc(N)nc3c2ncn3CC(C)OCP(=O)(OOCOC(=O)C2CCCCC2)OOCOC(=O)C2CCCCC2)cc1. The van der Waals surface area contributed by atoms with E-state index in [1.165, 1.54) is 11.8 Å². The Hall–Kier alpha value is -3.31. The van der Waals surface area contributed by atoms with E-state index in [1.54, 1.807) is 24.9 Å². The molecule has 0 aliphatic heterocycles. The largest absolute Gasteiger partial charge is 0.497 e. The van der Waals surface area contributed by atoms with E-state index in [2.05, 4.69) is 15.0 Å². The third kappa shape index (κ3) is 11.1. The number of rotatable bonds is 18. The predicted molar refractivity (Wildman–Crippen MR) is 179 cm³/mol. The van der Waals surface area contributed by atoms with Crippen molar-refractivity contribution in [2.45, 2.75) is 93.7 Å². The third-order valence-corrected chi connectivity index (χ3v) is 10.5. The van der Waals surface area contributed by atoms with E-state index in [0.29, 0.717) is 16.2 Å². The molecule has 16 nitrogen and oxygen atoms in total. The Labute approximate surface area is 294 Å². The number of anilines is 1. The van der Waals surface area contributed by atoms with E-state index in [9.17, 15) is 14.2 Å². The van der Waals surface area contributed by atoms with E-state index in [4.69, 9.17) is 43.8 Å². The lowest BCUT2D eigenvalue weighted by Crippen LogP contribution is -2.22. The van der Waals surface area contributed by atoms with Gasteiger partial charge in [-0.1, -0.05) is 50.3 Å². The Balaban J connectivity index is 1.17. The van der Waals surface area contributed by atoms with Crippen molar-refractivity contribution in [2.24, 2.45) is 11.8 Å². The highest BCUT2D eigenvalue weighted by Gasteiger charge is 2.32. The Morgan fingerprint density at radius 2 is 1.50 bits per heavy atom. The second-order valence-electron chi connectivity index (χ2n) is 12.2. The number of aromatic nitrogens is 4. The normalized spacial score (nSPS) is 16.7. The van der Waals surface area contributed by atoms with Gasteiger partial charge in [0.2, 0.25) is 19.5 Å². The van der Waals surface area contributed by atoms with Crippen LogP contribution in [0.1, 0.15) is 71.1 Å². The van der Waals surface area contributed by atoms with Crippen LogP contribution in [0.5, 0.6) is 5.75 Å². The number of esters is 2. The number of benzene rings is 1. The van der Waals surface area contributed by atoms with Crippen LogP contribution < -0.4 is 10.5 Å². The van der Waals surface area contributed by atoms with Gasteiger partial charge in [0.15, 0.2) is 12.0 Å². The summed E-state index contributed by atoms with van der Waals surface area (Å²) < 4.78 is 46.7. The van der Waals surface area contributed by atoms with Gasteiger partial charge in [-0.05, 0) is 56.9 Å². The molecule has 274 valence electrons. The first kappa shape index (κ1) is 37.9. The van der Waals surface area contributed by atoms with Gasteiger partial charge < -0.3 is 29.2 Å². The van der Waals surface area contributed by atoms with Crippen molar-refractivity contribution < 1.29 is 52.2 Å². The Bertz CT molecular complexity index is 1560. The molecular weight excluding hydrogens is 693 g/mol. The average Bonchev–Trinajstić information content (AvgIpc) is 3.54. The molecule has 2 aliphatic rings. The fourth-order valence-electron chi connectivity index (χ4n) is 5.78. The number of ether oxygens (including phenoxy) is 4. The van der Waals surface area contributed by atoms with Crippen molar-refractivity contribution in [1.82, 2.24) is 19.5 Å². The van der Waals surface area contributed by atoms with Crippen LogP contribution in [0.2, 0.25) is 0 Å². The van der Waals surface area contributed by atoms with E-state index >= 15 is 0 Å². The lowest BCUT2D eigenvalue weighted by atomic mass is 9.89. The number of methoxy groups -OCH3 is 1. The molecule has 0 radical (unpaired) electrons. The summed E-state index contributed by atoms with van der Waals surface area (Å²) in [5, 5.41) is 0.568. The molecule has 50 heavy (non-hydrogen) atoms. The van der Waals surface area contributed by atoms with Crippen LogP contribution in [0.15, 0.2) is 40.5 Å². The van der Waals surface area contributed by atoms with Crippen LogP contribution in [0.3, 0.4) is 0 Å². The molecule has 2 saturated carbocycles. The first-order chi connectivity index (χ1) is 24.2. The van der Waals surface area contributed by atoms with E-state index in [-0.39, 0.29) is 24.3 Å². The van der Waals surface area contributed by atoms with Crippen molar-refractivity contribution in [2.75, 3.05) is 32.8 Å². The highest BCUT2D eigenvalue weighted by Crippen LogP contribution is 2.49. The molecule has 3 aromatic rings. The van der Waals surface area contributed by atoms with E-state index in [0.717, 1.165) is 74.9 Å². The summed E-state index contributed by atoms with van der Waals surface area (Å²) in [7, 11) is -2.69. The second kappa shape index (κ2) is 18.8. The molecule has 2 aromatic heterocycles. The van der Waals surface area contributed by atoms with Gasteiger partial charge in [0, 0.05) is 4.90 Å². The lowest BCUT2D eigenvalue weighted by molar-refractivity contribution is -0.311. The molecule has 0 bridgehead atoms. The van der Waals surface area contributed by atoms with Crippen LogP contribution in [0, 0.1) is 11.8 Å². The molecule has 1 aromatic carbocycles. The van der Waals surface area contributed by atoms with Crippen LogP contribution in [0.25, 0.3) is 11.2 Å². The molecular formula is C32H44N5O11PS. The average molecular weight is 738 g/mol. The maximum Gasteiger partial charge on any atom is 0.409 e. The Morgan fingerprint density at radius 1 is 0.920 bits per heavy atom. The fourth-order valence-corrected chi connectivity index (χ4v) is 7.61. The quantitative estimate of drug-likeness (QED) is 0.0295. The topological polar surface area (TPSA) is 195 Å². The number of carbonyl (C=O) groups is 2. The minimum absolute atomic E-state index is 0.0674. The summed E-state index contributed by atoms with van der Waals surface area (Å²) in [4.78, 5) is 48.8. The molecule has 1 atom stereocenters. The van der Waals surface area contributed by atoms with Gasteiger partial charge in [-0.15, -0.1) is 9.35 Å². The summed E-state index contributed by atoms with van der Waals surface area (Å²) in [6, 6.07) is 7.49. The molecule has 0 spiro atoms. The number of imidazole rings is 1. The van der Waals surface area contributed by atoms with Crippen molar-refractivity contribution >= 4 is 48.4 Å². The number of hydrogen-bond acceptors (Lipinski definition) is 16. The van der Waals surface area contributed by atoms with Crippen molar-refractivity contribution in [3.63, 3.8) is 0 Å². The molecule has 0 saturated heterocycles. The molecule has 2 aliphatic carbocycles. The standard InChI is InChI=1S/C32H44N5O11PS/c1-22(17-37-18-34-27-28(37)35-32(33)36-29(27)50-26-15-13-25(41-2)14-16-26)44-21-49(40,47-45-19-42-30(38)23-9-5-3-6-10-23)48-46-20-43-31(39)24-11-7-4-8-12-24/h13-16,18,22-24H,3-12,17,19-21H2,1-2H3,(H2,33,35,36). The minimum Gasteiger partial charge on any atom is -0.497 e. The summed E-state index contributed by atoms with van der Waals surface area (Å²) >= 11 is 1.38. The molecule has 1 unspecified atom stereocenters. The van der Waals surface area contributed by atoms with Gasteiger partial charge in [-0.3, -0.25) is 14.2 Å². The highest BCUT2D eigenvalue weighted by molar-refractivity contribution is 7.99. The molecule has 2 fully saturated rings. The Kier molecular flexibility index (Phi) is 14.3. The van der Waals surface area contributed by atoms with Crippen LogP contribution in [0.4, 0.5) is 5.95 Å². The monoisotopic (exact) mass is 737 g/mol. The van der Waals surface area contributed by atoms with Crippen LogP contribution in [-0.4, -0.2) is 64.6 Å². The zero-order valence-corrected chi connectivity index (χ0v) is 29.9. The number of nitrogens with two attached hydrogens (primary N) is 1. The van der Waals surface area contributed by atoms with Crippen molar-refractivity contribution in [3.05, 3.63) is 30.6 Å². The first-order valence-electron chi connectivity index (χ1n) is 16.7. The van der Waals surface area contributed by atoms with Gasteiger partial charge in [0.25, 0.3) is 0 Å². The molecule has 2 heterocycles. The fraction of sp³-hybridized carbons (Fsp3) is 0.594. The Morgan fingerprint density at radius 3 is 2.06 bits per heavy atom. The molecule has 18 heteroatoms. The predicted octanol–water partition coefficient (Wildman–Crippen LogP) is 6.18. The smallest absolute Gasteiger partial charge is 0.409 e. The maximum absolute atomic E-state index is 13.6. The summed E-state index contributed by atoms with van der Waals surface area (Å²) in [6.45, 7) is 0.717. The number of nitrogens with zero attached hydrogens (tertiary/aromatic N) is 4. The van der Waals surface area contributed by atoms with Crippen LogP contribution in [-0.2, 0) is 54.0 Å². The summed E-state index contributed by atoms with van der Waals surface area (Å²) in [6.07, 6.45) is 9.34. The number of hydrogen-bond donors (Lipinski definition) is 1. The van der Waals surface area contributed by atoms with Gasteiger partial charge in [0.1, 0.15) is 16.3 Å². The molecule has 5 rings (SSSR count). The lowest BCUT2D eigenvalue weighted by Gasteiger charge is -2.21. The van der Waals surface area contributed by atoms with Gasteiger partial charge in [-0.25, -0.2) is 9.97 Å². The third-order valence-electron chi connectivity index (χ3n) is 8.40. The van der Waals surface area contributed by atoms with Gasteiger partial charge in [0.05, 0.1) is 37.9 Å². The van der Waals surface area contributed by atoms with Crippen LogP contribution >= 0.6 is 19.4 Å². The molecule has 2 N–H and O–H groups in total. The van der Waals surface area contributed by atoms with Gasteiger partial charge in [-0.2, -0.15) is 14.8 Å². The van der Waals surface area contributed by atoms with E-state index in [1.807, 2.05) is 24.3 Å². The van der Waals surface area contributed by atoms with Crippen molar-refractivity contribution in [1.29, 1.82) is 0 Å². The van der Waals surface area contributed by atoms with Crippen molar-refractivity contribution in [3.8, 4) is 5.75 Å². The van der Waals surface area contributed by atoms with E-state index < -0.39 is 45.6 Å². The summed E-state index contributed by atoms with van der Waals surface area (Å²) in [5.41, 5.74) is 7.06. The highest BCUT2D eigenvalue weighted by atomic mass is 32.2. The number of fused-ring (bicyclic) bond motifs is 1. The van der Waals surface area contributed by atoms with Gasteiger partial charge >= 0.3 is 19.5 Å². The molecule has 0 amide bonds.